The molecule has 18 nitrogen and oxygen atoms in total. The number of ether oxygens (including phenoxy) is 2. The number of nitrogens with zero attached hydrogens (tertiary/aromatic N) is 2. The van der Waals surface area contributed by atoms with E-state index in [1.165, 1.54) is 23.3 Å². The molecule has 20 heteroatoms. The largest absolute Gasteiger partial charge is 0.469 e. The molecule has 46 heavy (non-hydrogen) atoms. The number of hydrogen-bond donors (Lipinski definition) is 8. The van der Waals surface area contributed by atoms with E-state index in [1.807, 2.05) is 0 Å². The predicted molar refractivity (Wildman–Crippen MR) is 159 cm³/mol. The zero-order chi connectivity index (χ0) is 33.5. The molecule has 0 aromatic carbocycles. The summed E-state index contributed by atoms with van der Waals surface area (Å²) >= 11 is 0. The van der Waals surface area contributed by atoms with Gasteiger partial charge in [-0.25, -0.2) is 9.13 Å². The topological polar surface area (TPSA) is 257 Å². The van der Waals surface area contributed by atoms with Crippen molar-refractivity contribution in [3.63, 3.8) is 0 Å². The first-order valence-corrected chi connectivity index (χ1v) is 16.9. The standard InChI is InChI=1S/C14H21N2O7P.C11H17N2O7P.CH4/c1-8-15-11(17)4-5-16(8)10-6-9(7-21-24(18,19)20)12-13(10)23-14(2,3)22-12;1-6-12-9(14)2-3-13(6)8-4-7(10(15)11(8)16)5-20-21(17,18)19;/h4-5,9-10,12-13H,1,6-7H2,2-3H3,(H,15,17)(H2,18,19,20);2-3,7-8,10-11,15-16H,1,4-5H2,(H,12,14)(H2,17,18,19);1H4/t9-,10?,12-,13?;7-,8?,10-,11?;/m11./s1. The van der Waals surface area contributed by atoms with E-state index in [-0.39, 0.29) is 68.9 Å². The van der Waals surface area contributed by atoms with Crippen molar-refractivity contribution in [2.75, 3.05) is 13.2 Å². The Morgan fingerprint density at radius 1 is 0.826 bits per heavy atom. The zero-order valence-electron chi connectivity index (χ0n) is 24.4. The summed E-state index contributed by atoms with van der Waals surface area (Å²) in [6.45, 7) is 10.5. The van der Waals surface area contributed by atoms with E-state index in [4.69, 9.17) is 29.0 Å². The second-order valence-electron chi connectivity index (χ2n) is 11.6. The lowest BCUT2D eigenvalue weighted by Crippen LogP contribution is -2.45. The zero-order valence-corrected chi connectivity index (χ0v) is 26.2. The van der Waals surface area contributed by atoms with Gasteiger partial charge in [-0.3, -0.25) is 18.6 Å². The first kappa shape index (κ1) is 38.0. The van der Waals surface area contributed by atoms with Crippen LogP contribution in [0.25, 0.3) is 0 Å². The van der Waals surface area contributed by atoms with Crippen molar-refractivity contribution in [3.8, 4) is 0 Å². The highest BCUT2D eigenvalue weighted by Gasteiger charge is 2.56. The molecule has 0 spiro atoms. The van der Waals surface area contributed by atoms with Crippen LogP contribution in [0.15, 0.2) is 49.4 Å². The SMILES string of the molecule is C.C=C1NC(=O)C=CN1C1C[C@H](COP(=O)(O)O)[C@@H](O)C1O.C=C1NC(=O)C=CN1C1C[C@H](COP(=O)(O)O)[C@H]2OC(C)(C)OC12. The Hall–Kier alpha value is -2.44. The van der Waals surface area contributed by atoms with Crippen LogP contribution in [0.4, 0.5) is 0 Å². The van der Waals surface area contributed by atoms with Crippen LogP contribution in [0.1, 0.15) is 34.1 Å². The van der Waals surface area contributed by atoms with Crippen molar-refractivity contribution < 1.29 is 67.0 Å². The fraction of sp³-hybridized carbons (Fsp3) is 0.615. The predicted octanol–water partition coefficient (Wildman–Crippen LogP) is -0.320. The van der Waals surface area contributed by atoms with Crippen LogP contribution in [0.5, 0.6) is 0 Å². The maximum absolute atomic E-state index is 11.4. The van der Waals surface area contributed by atoms with Gasteiger partial charge in [0.05, 0.1) is 37.5 Å². The van der Waals surface area contributed by atoms with Gasteiger partial charge in [0.1, 0.15) is 23.8 Å². The molecular formula is C26H42N4O14P2. The normalized spacial score (nSPS) is 33.7. The monoisotopic (exact) mass is 696 g/mol. The molecule has 8 N–H and O–H groups in total. The van der Waals surface area contributed by atoms with Gasteiger partial charge in [-0.05, 0) is 26.7 Å². The summed E-state index contributed by atoms with van der Waals surface area (Å²) in [4.78, 5) is 61.1. The molecule has 0 aromatic rings. The molecule has 3 heterocycles. The fourth-order valence-electron chi connectivity index (χ4n) is 6.01. The van der Waals surface area contributed by atoms with Crippen LogP contribution >= 0.6 is 15.6 Å². The van der Waals surface area contributed by atoms with Crippen molar-refractivity contribution in [1.29, 1.82) is 0 Å². The molecule has 3 aliphatic heterocycles. The van der Waals surface area contributed by atoms with Gasteiger partial charge in [0, 0.05) is 36.4 Å². The lowest BCUT2D eigenvalue weighted by molar-refractivity contribution is -0.162. The number of carbonyl (C=O) groups excluding carboxylic acids is 2. The Kier molecular flexibility index (Phi) is 11.9. The van der Waals surface area contributed by atoms with Crippen molar-refractivity contribution in [1.82, 2.24) is 20.4 Å². The summed E-state index contributed by atoms with van der Waals surface area (Å²) in [5.74, 6) is -1.61. The van der Waals surface area contributed by atoms with E-state index in [1.54, 1.807) is 24.9 Å². The third kappa shape index (κ3) is 9.34. The first-order chi connectivity index (χ1) is 20.7. The van der Waals surface area contributed by atoms with Crippen LogP contribution in [-0.4, -0.2) is 107 Å². The molecule has 0 bridgehead atoms. The van der Waals surface area contributed by atoms with Crippen LogP contribution < -0.4 is 10.6 Å². The summed E-state index contributed by atoms with van der Waals surface area (Å²) in [6, 6.07) is -0.763. The maximum atomic E-state index is 11.4. The smallest absolute Gasteiger partial charge is 0.390 e. The van der Waals surface area contributed by atoms with Crippen molar-refractivity contribution in [2.45, 2.75) is 76.4 Å². The highest BCUT2D eigenvalue weighted by Crippen LogP contribution is 2.46. The number of carbonyl (C=O) groups is 2. The summed E-state index contributed by atoms with van der Waals surface area (Å²) in [5.41, 5.74) is 0. The molecule has 2 aliphatic carbocycles. The van der Waals surface area contributed by atoms with Crippen LogP contribution in [0, 0.1) is 11.8 Å². The number of fused-ring (bicyclic) bond motifs is 1. The van der Waals surface area contributed by atoms with Gasteiger partial charge in [0.2, 0.25) is 0 Å². The number of phosphoric ester groups is 2. The Morgan fingerprint density at radius 3 is 1.74 bits per heavy atom. The van der Waals surface area contributed by atoms with E-state index in [0.29, 0.717) is 12.2 Å². The molecule has 3 fully saturated rings. The molecule has 8 atom stereocenters. The minimum Gasteiger partial charge on any atom is -0.390 e. The Morgan fingerprint density at radius 2 is 1.26 bits per heavy atom. The molecule has 2 saturated carbocycles. The lowest BCUT2D eigenvalue weighted by Gasteiger charge is -2.34. The summed E-state index contributed by atoms with van der Waals surface area (Å²) in [6.07, 6.45) is 3.41. The van der Waals surface area contributed by atoms with Crippen LogP contribution in [0.2, 0.25) is 0 Å². The van der Waals surface area contributed by atoms with Crippen molar-refractivity contribution in [2.24, 2.45) is 11.8 Å². The second kappa shape index (κ2) is 14.4. The Labute approximate surface area is 265 Å². The van der Waals surface area contributed by atoms with Gasteiger partial charge >= 0.3 is 15.6 Å². The van der Waals surface area contributed by atoms with E-state index in [9.17, 15) is 28.9 Å². The van der Waals surface area contributed by atoms with E-state index in [2.05, 4.69) is 32.8 Å². The third-order valence-electron chi connectivity index (χ3n) is 7.88. The molecule has 5 rings (SSSR count). The quantitative estimate of drug-likeness (QED) is 0.151. The average Bonchev–Trinajstić information content (AvgIpc) is 3.49. The first-order valence-electron chi connectivity index (χ1n) is 13.8. The van der Waals surface area contributed by atoms with Crippen LogP contribution in [0.3, 0.4) is 0 Å². The lowest BCUT2D eigenvalue weighted by atomic mass is 10.1. The molecule has 4 unspecified atom stereocenters. The van der Waals surface area contributed by atoms with E-state index >= 15 is 0 Å². The highest BCUT2D eigenvalue weighted by molar-refractivity contribution is 7.46. The van der Waals surface area contributed by atoms with Gasteiger partial charge < -0.3 is 59.7 Å². The number of rotatable bonds is 8. The molecule has 5 aliphatic rings. The van der Waals surface area contributed by atoms with Crippen molar-refractivity contribution in [3.05, 3.63) is 49.4 Å². The number of aliphatic hydroxyl groups is 2. The summed E-state index contributed by atoms with van der Waals surface area (Å²) in [5, 5.41) is 25.1. The highest BCUT2D eigenvalue weighted by atomic mass is 31.2. The molecule has 2 amide bonds. The number of nitrogens with one attached hydrogen (secondary N) is 2. The van der Waals surface area contributed by atoms with Crippen LogP contribution in [-0.2, 0) is 37.2 Å². The van der Waals surface area contributed by atoms with Gasteiger partial charge in [-0.15, -0.1) is 0 Å². The van der Waals surface area contributed by atoms with Crippen molar-refractivity contribution >= 4 is 27.5 Å². The Bertz CT molecular complexity index is 1350. The summed E-state index contributed by atoms with van der Waals surface area (Å²) < 4.78 is 42.6. The van der Waals surface area contributed by atoms with Gasteiger partial charge in [-0.1, -0.05) is 20.6 Å². The molecule has 260 valence electrons. The van der Waals surface area contributed by atoms with Gasteiger partial charge in [0.25, 0.3) is 11.8 Å². The third-order valence-corrected chi connectivity index (χ3v) is 8.85. The number of amides is 2. The minimum absolute atomic E-state index is 0. The second-order valence-corrected chi connectivity index (χ2v) is 14.0. The van der Waals surface area contributed by atoms with E-state index < -0.39 is 45.6 Å². The van der Waals surface area contributed by atoms with Gasteiger partial charge in [-0.2, -0.15) is 0 Å². The Balaban J connectivity index is 0.000000247. The molecule has 0 radical (unpaired) electrons. The maximum Gasteiger partial charge on any atom is 0.469 e. The molecular weight excluding hydrogens is 654 g/mol. The van der Waals surface area contributed by atoms with E-state index in [0.717, 1.165) is 0 Å². The number of hydrogen-bond acceptors (Lipinski definition) is 12. The number of phosphoric acid groups is 2. The summed E-state index contributed by atoms with van der Waals surface area (Å²) in [7, 11) is -9.19. The average molecular weight is 697 g/mol. The molecule has 1 saturated heterocycles. The fourth-order valence-corrected chi connectivity index (χ4v) is 6.78. The van der Waals surface area contributed by atoms with Gasteiger partial charge in [0.15, 0.2) is 5.79 Å². The number of aliphatic hydroxyl groups excluding tert-OH is 2. The molecule has 0 aromatic heterocycles. The minimum atomic E-state index is -4.63.